The summed E-state index contributed by atoms with van der Waals surface area (Å²) in [6.07, 6.45) is 3.46. The van der Waals surface area contributed by atoms with E-state index in [1.165, 1.54) is 12.1 Å². The minimum atomic E-state index is -0.754. The number of hydrogen-bond acceptors (Lipinski definition) is 4. The van der Waals surface area contributed by atoms with Crippen molar-refractivity contribution >= 4 is 17.5 Å². The maximum atomic E-state index is 14.0. The van der Waals surface area contributed by atoms with Crippen molar-refractivity contribution in [3.8, 4) is 6.07 Å². The Balaban J connectivity index is 1.83. The number of nitrogens with one attached hydrogen (secondary N) is 1. The minimum absolute atomic E-state index is 0.106. The third-order valence-corrected chi connectivity index (χ3v) is 5.64. The van der Waals surface area contributed by atoms with Crippen LogP contribution in [0.25, 0.3) is 0 Å². The van der Waals surface area contributed by atoms with Crippen LogP contribution in [0.5, 0.6) is 0 Å². The van der Waals surface area contributed by atoms with Gasteiger partial charge in [0.1, 0.15) is 5.82 Å². The SMILES string of the molecule is CC(C)CN1C(=O)c2ccccc2[C@H](C(=O)Nc2cc(F)cc(C#N)c2)[C@H]1c1cnn(C)c1. The highest BCUT2D eigenvalue weighted by atomic mass is 19.1. The van der Waals surface area contributed by atoms with Gasteiger partial charge < -0.3 is 10.2 Å². The number of carbonyl (C=O) groups excluding carboxylic acids is 2. The van der Waals surface area contributed by atoms with E-state index in [1.54, 1.807) is 53.3 Å². The smallest absolute Gasteiger partial charge is 0.254 e. The van der Waals surface area contributed by atoms with E-state index in [2.05, 4.69) is 10.4 Å². The average molecular weight is 445 g/mol. The topological polar surface area (TPSA) is 91.0 Å². The summed E-state index contributed by atoms with van der Waals surface area (Å²) >= 11 is 0. The molecule has 3 aromatic rings. The fourth-order valence-electron chi connectivity index (χ4n) is 4.38. The number of nitriles is 1. The second-order valence-electron chi connectivity index (χ2n) is 8.64. The van der Waals surface area contributed by atoms with Crippen molar-refractivity contribution in [2.24, 2.45) is 13.0 Å². The van der Waals surface area contributed by atoms with E-state index in [4.69, 9.17) is 5.26 Å². The van der Waals surface area contributed by atoms with Crippen molar-refractivity contribution in [3.05, 3.63) is 82.9 Å². The quantitative estimate of drug-likeness (QED) is 0.643. The molecule has 1 N–H and O–H groups in total. The zero-order valence-corrected chi connectivity index (χ0v) is 18.6. The third-order valence-electron chi connectivity index (χ3n) is 5.64. The van der Waals surface area contributed by atoms with E-state index in [0.29, 0.717) is 17.7 Å². The molecule has 0 spiro atoms. The lowest BCUT2D eigenvalue weighted by molar-refractivity contribution is -0.119. The highest BCUT2D eigenvalue weighted by Crippen LogP contribution is 2.43. The monoisotopic (exact) mass is 445 g/mol. The summed E-state index contributed by atoms with van der Waals surface area (Å²) in [5, 5.41) is 16.2. The Morgan fingerprint density at radius 1 is 1.27 bits per heavy atom. The summed E-state index contributed by atoms with van der Waals surface area (Å²) in [6, 6.07) is 12.1. The predicted octanol–water partition coefficient (Wildman–Crippen LogP) is 4.01. The first-order valence-electron chi connectivity index (χ1n) is 10.7. The first-order valence-corrected chi connectivity index (χ1v) is 10.7. The Kier molecular flexibility index (Phi) is 5.97. The first-order chi connectivity index (χ1) is 15.8. The number of hydrogen-bond donors (Lipinski definition) is 1. The van der Waals surface area contributed by atoms with Gasteiger partial charge in [-0.2, -0.15) is 10.4 Å². The number of nitrogens with zero attached hydrogens (tertiary/aromatic N) is 4. The molecule has 168 valence electrons. The van der Waals surface area contributed by atoms with Gasteiger partial charge in [0.15, 0.2) is 0 Å². The molecule has 1 aromatic heterocycles. The lowest BCUT2D eigenvalue weighted by Gasteiger charge is -2.42. The van der Waals surface area contributed by atoms with Crippen LogP contribution in [0, 0.1) is 23.1 Å². The molecule has 4 rings (SSSR count). The lowest BCUT2D eigenvalue weighted by atomic mass is 9.79. The van der Waals surface area contributed by atoms with Gasteiger partial charge in [-0.15, -0.1) is 0 Å². The molecule has 7 nitrogen and oxygen atoms in total. The van der Waals surface area contributed by atoms with Crippen LogP contribution in [0.4, 0.5) is 10.1 Å². The van der Waals surface area contributed by atoms with Crippen molar-refractivity contribution in [2.75, 3.05) is 11.9 Å². The van der Waals surface area contributed by atoms with Gasteiger partial charge in [-0.25, -0.2) is 4.39 Å². The second-order valence-corrected chi connectivity index (χ2v) is 8.64. The molecule has 2 amide bonds. The molecule has 33 heavy (non-hydrogen) atoms. The van der Waals surface area contributed by atoms with E-state index < -0.39 is 23.7 Å². The van der Waals surface area contributed by atoms with Crippen molar-refractivity contribution in [3.63, 3.8) is 0 Å². The zero-order valence-electron chi connectivity index (χ0n) is 18.6. The summed E-state index contributed by atoms with van der Waals surface area (Å²) in [5.41, 5.74) is 2.10. The maximum Gasteiger partial charge on any atom is 0.254 e. The van der Waals surface area contributed by atoms with Crippen LogP contribution in [-0.2, 0) is 11.8 Å². The number of aryl methyl sites for hydroxylation is 1. The highest BCUT2D eigenvalue weighted by Gasteiger charge is 2.44. The van der Waals surface area contributed by atoms with Gasteiger partial charge in [-0.3, -0.25) is 14.3 Å². The van der Waals surface area contributed by atoms with E-state index in [0.717, 1.165) is 11.6 Å². The molecule has 8 heteroatoms. The van der Waals surface area contributed by atoms with E-state index in [1.807, 2.05) is 19.9 Å². The van der Waals surface area contributed by atoms with E-state index in [9.17, 15) is 14.0 Å². The molecule has 0 aliphatic carbocycles. The molecular formula is C25H24FN5O2. The van der Waals surface area contributed by atoms with Crippen LogP contribution >= 0.6 is 0 Å². The van der Waals surface area contributed by atoms with Gasteiger partial charge >= 0.3 is 0 Å². The molecule has 2 atom stereocenters. The van der Waals surface area contributed by atoms with E-state index in [-0.39, 0.29) is 23.1 Å². The Morgan fingerprint density at radius 2 is 2.03 bits per heavy atom. The minimum Gasteiger partial charge on any atom is -0.330 e. The fourth-order valence-corrected chi connectivity index (χ4v) is 4.38. The lowest BCUT2D eigenvalue weighted by Crippen LogP contribution is -2.47. The number of halogens is 1. The van der Waals surface area contributed by atoms with Crippen LogP contribution in [0.1, 0.15) is 52.9 Å². The van der Waals surface area contributed by atoms with Crippen molar-refractivity contribution in [2.45, 2.75) is 25.8 Å². The number of fused-ring (bicyclic) bond motifs is 1. The molecule has 0 bridgehead atoms. The van der Waals surface area contributed by atoms with Crippen LogP contribution in [-0.4, -0.2) is 33.0 Å². The van der Waals surface area contributed by atoms with Crippen LogP contribution < -0.4 is 5.32 Å². The van der Waals surface area contributed by atoms with Gasteiger partial charge in [0.25, 0.3) is 5.91 Å². The normalized spacial score (nSPS) is 17.6. The Hall–Kier alpha value is -3.99. The Morgan fingerprint density at radius 3 is 2.70 bits per heavy atom. The number of anilines is 1. The largest absolute Gasteiger partial charge is 0.330 e. The van der Waals surface area contributed by atoms with Crippen molar-refractivity contribution in [1.82, 2.24) is 14.7 Å². The van der Waals surface area contributed by atoms with Crippen molar-refractivity contribution in [1.29, 1.82) is 5.26 Å². The standard InChI is InChI=1S/C25H24FN5O2/c1-15(2)13-31-23(17-12-28-30(3)14-17)22(20-6-4-5-7-21(20)25(31)33)24(32)29-19-9-16(11-27)8-18(26)10-19/h4-10,12,14-15,22-23H,13H2,1-3H3,(H,29,32)/t22-,23+/m0/s1. The number of carbonyl (C=O) groups is 2. The van der Waals surface area contributed by atoms with Crippen LogP contribution in [0.15, 0.2) is 54.9 Å². The molecule has 0 saturated heterocycles. The van der Waals surface area contributed by atoms with Gasteiger partial charge in [0.05, 0.1) is 29.8 Å². The highest BCUT2D eigenvalue weighted by molar-refractivity contribution is 6.04. The molecule has 0 radical (unpaired) electrons. The summed E-state index contributed by atoms with van der Waals surface area (Å²) in [4.78, 5) is 28.9. The zero-order chi connectivity index (χ0) is 23.7. The summed E-state index contributed by atoms with van der Waals surface area (Å²) < 4.78 is 15.6. The van der Waals surface area contributed by atoms with Crippen molar-refractivity contribution < 1.29 is 14.0 Å². The summed E-state index contributed by atoms with van der Waals surface area (Å²) in [5.74, 6) is -1.74. The van der Waals surface area contributed by atoms with Gasteiger partial charge in [0, 0.05) is 36.6 Å². The number of rotatable bonds is 5. The molecule has 0 unspecified atom stereocenters. The summed E-state index contributed by atoms with van der Waals surface area (Å²) in [6.45, 7) is 4.48. The maximum absolute atomic E-state index is 14.0. The molecule has 1 aliphatic heterocycles. The number of aromatic nitrogens is 2. The number of benzene rings is 2. The van der Waals surface area contributed by atoms with Gasteiger partial charge in [0.2, 0.25) is 5.91 Å². The molecule has 0 fully saturated rings. The van der Waals surface area contributed by atoms with E-state index >= 15 is 0 Å². The van der Waals surface area contributed by atoms with Crippen LogP contribution in [0.2, 0.25) is 0 Å². The van der Waals surface area contributed by atoms with Gasteiger partial charge in [-0.05, 0) is 35.7 Å². The van der Waals surface area contributed by atoms with Gasteiger partial charge in [-0.1, -0.05) is 32.0 Å². The third kappa shape index (κ3) is 4.35. The van der Waals surface area contributed by atoms with Crippen LogP contribution in [0.3, 0.4) is 0 Å². The molecule has 0 saturated carbocycles. The molecule has 2 aromatic carbocycles. The number of amides is 2. The summed E-state index contributed by atoms with van der Waals surface area (Å²) in [7, 11) is 1.78. The first kappa shape index (κ1) is 22.2. The fraction of sp³-hybridized carbons (Fsp3) is 0.280. The molecule has 2 heterocycles. The average Bonchev–Trinajstić information content (AvgIpc) is 3.20. The second kappa shape index (κ2) is 8.87. The molecule has 1 aliphatic rings. The Labute approximate surface area is 191 Å². The Bertz CT molecular complexity index is 1260. The molecular weight excluding hydrogens is 421 g/mol. The predicted molar refractivity (Wildman–Crippen MR) is 121 cm³/mol.